The Labute approximate surface area is 257 Å². The molecule has 8 aromatic rings. The molecular weight excluding hydrogens is 530 g/mol. The van der Waals surface area contributed by atoms with Gasteiger partial charge in [-0.05, 0) is 80.0 Å². The summed E-state index contributed by atoms with van der Waals surface area (Å²) in [5.74, 6) is 0. The fraction of sp³-hybridized carbons (Fsp3) is 0.0698. The minimum Gasteiger partial charge on any atom is -0.309 e. The van der Waals surface area contributed by atoms with Crippen molar-refractivity contribution in [3.05, 3.63) is 163 Å². The summed E-state index contributed by atoms with van der Waals surface area (Å²) in [6.45, 7) is 4.70. The third kappa shape index (κ3) is 3.59. The van der Waals surface area contributed by atoms with Crippen molar-refractivity contribution in [3.63, 3.8) is 0 Å². The molecule has 0 N–H and O–H groups in total. The lowest BCUT2D eigenvalue weighted by atomic mass is 9.81. The molecule has 0 radical (unpaired) electrons. The first-order valence-corrected chi connectivity index (χ1v) is 15.4. The van der Waals surface area contributed by atoms with E-state index in [0.29, 0.717) is 0 Å². The van der Waals surface area contributed by atoms with Gasteiger partial charge < -0.3 is 4.57 Å². The second kappa shape index (κ2) is 9.30. The van der Waals surface area contributed by atoms with E-state index in [4.69, 9.17) is 0 Å². The van der Waals surface area contributed by atoms with Gasteiger partial charge in [0, 0.05) is 27.4 Å². The van der Waals surface area contributed by atoms with Gasteiger partial charge in [0.25, 0.3) is 0 Å². The maximum atomic E-state index is 2.45. The van der Waals surface area contributed by atoms with Crippen LogP contribution >= 0.6 is 0 Å². The van der Waals surface area contributed by atoms with Crippen LogP contribution in [0.4, 0.5) is 0 Å². The summed E-state index contributed by atoms with van der Waals surface area (Å²) < 4.78 is 2.45. The number of para-hydroxylation sites is 2. The molecule has 1 nitrogen and oxygen atoms in total. The lowest BCUT2D eigenvalue weighted by molar-refractivity contribution is 0.660. The van der Waals surface area contributed by atoms with Crippen LogP contribution in [0.15, 0.2) is 152 Å². The Bertz CT molecular complexity index is 2420. The Balaban J connectivity index is 1.24. The number of hydrogen-bond donors (Lipinski definition) is 0. The van der Waals surface area contributed by atoms with Gasteiger partial charge in [0.2, 0.25) is 0 Å². The Hall–Kier alpha value is -5.40. The number of fused-ring (bicyclic) bond motifs is 7. The predicted octanol–water partition coefficient (Wildman–Crippen LogP) is 11.6. The van der Waals surface area contributed by atoms with Crippen molar-refractivity contribution in [3.8, 4) is 39.1 Å². The molecule has 1 aromatic heterocycles. The molecular formula is C43H31N. The molecule has 44 heavy (non-hydrogen) atoms. The van der Waals surface area contributed by atoms with Crippen LogP contribution in [0.2, 0.25) is 0 Å². The van der Waals surface area contributed by atoms with E-state index in [-0.39, 0.29) is 5.41 Å². The highest BCUT2D eigenvalue weighted by atomic mass is 15.0. The summed E-state index contributed by atoms with van der Waals surface area (Å²) in [6, 6.07) is 55.9. The molecule has 7 aromatic carbocycles. The third-order valence-electron chi connectivity index (χ3n) is 9.78. The van der Waals surface area contributed by atoms with Crippen LogP contribution in [0.5, 0.6) is 0 Å². The van der Waals surface area contributed by atoms with Crippen molar-refractivity contribution in [2.45, 2.75) is 19.3 Å². The number of aromatic nitrogens is 1. The van der Waals surface area contributed by atoms with Crippen LogP contribution < -0.4 is 0 Å². The summed E-state index contributed by atoms with van der Waals surface area (Å²) in [6.07, 6.45) is 0. The molecule has 0 atom stereocenters. The first-order valence-electron chi connectivity index (χ1n) is 15.4. The highest BCUT2D eigenvalue weighted by molar-refractivity contribution is 6.14. The van der Waals surface area contributed by atoms with E-state index in [2.05, 4.69) is 170 Å². The van der Waals surface area contributed by atoms with Gasteiger partial charge in [-0.25, -0.2) is 0 Å². The van der Waals surface area contributed by atoms with Crippen LogP contribution in [0.25, 0.3) is 71.6 Å². The first kappa shape index (κ1) is 25.1. The van der Waals surface area contributed by atoms with Crippen LogP contribution in [-0.2, 0) is 5.41 Å². The monoisotopic (exact) mass is 561 g/mol. The number of hydrogen-bond acceptors (Lipinski definition) is 0. The van der Waals surface area contributed by atoms with Gasteiger partial charge in [0.05, 0.1) is 11.0 Å². The van der Waals surface area contributed by atoms with E-state index in [1.54, 1.807) is 0 Å². The Morgan fingerprint density at radius 2 is 1.11 bits per heavy atom. The highest BCUT2D eigenvalue weighted by Crippen LogP contribution is 2.49. The van der Waals surface area contributed by atoms with Crippen LogP contribution in [0.1, 0.15) is 25.0 Å². The van der Waals surface area contributed by atoms with Gasteiger partial charge in [0.15, 0.2) is 0 Å². The molecule has 0 spiro atoms. The van der Waals surface area contributed by atoms with Crippen molar-refractivity contribution >= 4 is 32.6 Å². The topological polar surface area (TPSA) is 4.93 Å². The quantitative estimate of drug-likeness (QED) is 0.202. The zero-order valence-corrected chi connectivity index (χ0v) is 24.9. The summed E-state index contributed by atoms with van der Waals surface area (Å²) in [4.78, 5) is 0. The lowest BCUT2D eigenvalue weighted by Gasteiger charge is -2.22. The SMILES string of the molecule is CC1(C)c2ccccc2-c2ccc(-c3cccc(-c4cccc5c6ccccc6n(-c6ccc7ccccc7c6)c45)c3)cc21. The summed E-state index contributed by atoms with van der Waals surface area (Å²) in [5.41, 5.74) is 14.1. The van der Waals surface area contributed by atoms with E-state index < -0.39 is 0 Å². The third-order valence-corrected chi connectivity index (χ3v) is 9.78. The first-order chi connectivity index (χ1) is 21.6. The summed E-state index contributed by atoms with van der Waals surface area (Å²) >= 11 is 0. The molecule has 0 saturated heterocycles. The maximum Gasteiger partial charge on any atom is 0.0619 e. The summed E-state index contributed by atoms with van der Waals surface area (Å²) in [7, 11) is 0. The van der Waals surface area contributed by atoms with Gasteiger partial charge in [-0.15, -0.1) is 0 Å². The number of rotatable bonds is 3. The van der Waals surface area contributed by atoms with Gasteiger partial charge in [-0.1, -0.05) is 135 Å². The predicted molar refractivity (Wildman–Crippen MR) is 187 cm³/mol. The molecule has 1 heteroatoms. The molecule has 0 unspecified atom stereocenters. The second-order valence-corrected chi connectivity index (χ2v) is 12.6. The van der Waals surface area contributed by atoms with Crippen molar-refractivity contribution in [1.29, 1.82) is 0 Å². The minimum absolute atomic E-state index is 0.0219. The Morgan fingerprint density at radius 1 is 0.432 bits per heavy atom. The molecule has 9 rings (SSSR count). The lowest BCUT2D eigenvalue weighted by Crippen LogP contribution is -2.14. The Morgan fingerprint density at radius 3 is 2.05 bits per heavy atom. The Kier molecular flexibility index (Phi) is 5.31. The second-order valence-electron chi connectivity index (χ2n) is 12.6. The fourth-order valence-electron chi connectivity index (χ4n) is 7.59. The molecule has 0 amide bonds. The van der Waals surface area contributed by atoms with Crippen molar-refractivity contribution < 1.29 is 0 Å². The van der Waals surface area contributed by atoms with E-state index in [1.807, 2.05) is 0 Å². The van der Waals surface area contributed by atoms with E-state index in [0.717, 1.165) is 0 Å². The van der Waals surface area contributed by atoms with E-state index >= 15 is 0 Å². The van der Waals surface area contributed by atoms with Crippen molar-refractivity contribution in [2.75, 3.05) is 0 Å². The van der Waals surface area contributed by atoms with Gasteiger partial charge in [-0.3, -0.25) is 0 Å². The number of benzene rings is 7. The van der Waals surface area contributed by atoms with Gasteiger partial charge >= 0.3 is 0 Å². The zero-order chi connectivity index (χ0) is 29.4. The maximum absolute atomic E-state index is 2.45. The normalized spacial score (nSPS) is 13.4. The van der Waals surface area contributed by atoms with E-state index in [1.165, 1.54) is 82.8 Å². The highest BCUT2D eigenvalue weighted by Gasteiger charge is 2.35. The standard InChI is InChI=1S/C43H31N/c1-43(2)39-19-7-5-15-35(39)36-24-22-31(27-40(36)43)29-13-9-14-32(25-29)34-17-10-18-38-37-16-6-8-20-41(37)44(42(34)38)33-23-21-28-11-3-4-12-30(28)26-33/h3-27H,1-2H3. The average molecular weight is 562 g/mol. The number of nitrogens with zero attached hydrogens (tertiary/aromatic N) is 1. The van der Waals surface area contributed by atoms with Crippen LogP contribution in [-0.4, -0.2) is 4.57 Å². The molecule has 0 saturated carbocycles. The van der Waals surface area contributed by atoms with Crippen molar-refractivity contribution in [2.24, 2.45) is 0 Å². The van der Waals surface area contributed by atoms with Gasteiger partial charge in [0.1, 0.15) is 0 Å². The van der Waals surface area contributed by atoms with Crippen LogP contribution in [0, 0.1) is 0 Å². The average Bonchev–Trinajstić information content (AvgIpc) is 3.53. The summed E-state index contributed by atoms with van der Waals surface area (Å²) in [5, 5.41) is 5.05. The molecule has 1 aliphatic carbocycles. The fourth-order valence-corrected chi connectivity index (χ4v) is 7.59. The van der Waals surface area contributed by atoms with Crippen molar-refractivity contribution in [1.82, 2.24) is 4.57 Å². The molecule has 1 heterocycles. The van der Waals surface area contributed by atoms with Crippen LogP contribution in [0.3, 0.4) is 0 Å². The molecule has 1 aliphatic rings. The minimum atomic E-state index is -0.0219. The zero-order valence-electron chi connectivity index (χ0n) is 24.9. The molecule has 208 valence electrons. The largest absolute Gasteiger partial charge is 0.309 e. The molecule has 0 bridgehead atoms. The smallest absolute Gasteiger partial charge is 0.0619 e. The molecule has 0 fully saturated rings. The van der Waals surface area contributed by atoms with E-state index in [9.17, 15) is 0 Å². The molecule has 0 aliphatic heterocycles. The van der Waals surface area contributed by atoms with Gasteiger partial charge in [-0.2, -0.15) is 0 Å².